The number of benzene rings is 1. The molecule has 1 saturated heterocycles. The van der Waals surface area contributed by atoms with Crippen molar-refractivity contribution in [2.24, 2.45) is 0 Å². The molecule has 1 amide bonds. The number of nitrogens with one attached hydrogen (secondary N) is 1. The summed E-state index contributed by atoms with van der Waals surface area (Å²) in [6.07, 6.45) is 0.811. The van der Waals surface area contributed by atoms with Crippen molar-refractivity contribution in [2.75, 3.05) is 6.54 Å². The minimum absolute atomic E-state index is 0.0981. The van der Waals surface area contributed by atoms with Crippen LogP contribution in [0.2, 0.25) is 5.02 Å². The van der Waals surface area contributed by atoms with Crippen molar-refractivity contribution >= 4 is 17.5 Å². The average Bonchev–Trinajstić information content (AvgIpc) is 2.66. The summed E-state index contributed by atoms with van der Waals surface area (Å²) >= 11 is 5.74. The van der Waals surface area contributed by atoms with E-state index < -0.39 is 5.82 Å². The van der Waals surface area contributed by atoms with Crippen molar-refractivity contribution in [3.63, 3.8) is 0 Å². The van der Waals surface area contributed by atoms with Gasteiger partial charge in [0, 0.05) is 19.1 Å². The van der Waals surface area contributed by atoms with E-state index in [4.69, 9.17) is 11.6 Å². The highest BCUT2D eigenvalue weighted by molar-refractivity contribution is 6.30. The molecule has 5 heteroatoms. The van der Waals surface area contributed by atoms with Gasteiger partial charge < -0.3 is 10.2 Å². The van der Waals surface area contributed by atoms with Crippen molar-refractivity contribution in [3.05, 3.63) is 34.6 Å². The third-order valence-electron chi connectivity index (χ3n) is 3.19. The highest BCUT2D eigenvalue weighted by Gasteiger charge is 2.31. The zero-order chi connectivity index (χ0) is 14.0. The largest absolute Gasteiger partial charge is 0.337 e. The first-order valence-corrected chi connectivity index (χ1v) is 6.84. The topological polar surface area (TPSA) is 32.3 Å². The first-order chi connectivity index (χ1) is 8.97. The third kappa shape index (κ3) is 3.45. The van der Waals surface area contributed by atoms with Gasteiger partial charge in [-0.25, -0.2) is 4.39 Å². The molecule has 1 heterocycles. The highest BCUT2D eigenvalue weighted by Crippen LogP contribution is 2.20. The quantitative estimate of drug-likeness (QED) is 0.922. The normalized spacial score (nSPS) is 19.5. The summed E-state index contributed by atoms with van der Waals surface area (Å²) < 4.78 is 13.1. The number of hydrogen-bond acceptors (Lipinski definition) is 2. The van der Waals surface area contributed by atoms with Crippen molar-refractivity contribution in [1.82, 2.24) is 10.2 Å². The number of hydrogen-bond donors (Lipinski definition) is 1. The molecule has 2 rings (SSSR count). The second kappa shape index (κ2) is 5.88. The molecule has 1 aromatic carbocycles. The van der Waals surface area contributed by atoms with Gasteiger partial charge in [0.15, 0.2) is 0 Å². The molecule has 19 heavy (non-hydrogen) atoms. The maximum Gasteiger partial charge on any atom is 0.240 e. The van der Waals surface area contributed by atoms with E-state index in [9.17, 15) is 9.18 Å². The van der Waals surface area contributed by atoms with Crippen LogP contribution in [0, 0.1) is 5.82 Å². The van der Waals surface area contributed by atoms with E-state index in [0.717, 1.165) is 18.5 Å². The lowest BCUT2D eigenvalue weighted by Crippen LogP contribution is -2.41. The molecule has 0 radical (unpaired) electrons. The Hall–Kier alpha value is -1.13. The zero-order valence-electron chi connectivity index (χ0n) is 11.1. The molecule has 1 aliphatic rings. The fraction of sp³-hybridized carbons (Fsp3) is 0.500. The standard InChI is InChI=1S/C14H18ClFN2O/c1-9(2)17-13-5-6-18(14(13)19)8-10-3-4-12(16)11(15)7-10/h3-4,7,9,13,17H,5-6,8H2,1-2H3. The van der Waals surface area contributed by atoms with Crippen LogP contribution in [0.1, 0.15) is 25.8 Å². The van der Waals surface area contributed by atoms with Gasteiger partial charge in [-0.1, -0.05) is 31.5 Å². The van der Waals surface area contributed by atoms with Gasteiger partial charge in [0.1, 0.15) is 5.82 Å². The number of rotatable bonds is 4. The minimum Gasteiger partial charge on any atom is -0.337 e. The summed E-state index contributed by atoms with van der Waals surface area (Å²) in [4.78, 5) is 13.9. The molecule has 104 valence electrons. The molecule has 1 unspecified atom stereocenters. The lowest BCUT2D eigenvalue weighted by atomic mass is 10.2. The van der Waals surface area contributed by atoms with Crippen LogP contribution in [0.25, 0.3) is 0 Å². The Morgan fingerprint density at radius 3 is 2.89 bits per heavy atom. The van der Waals surface area contributed by atoms with Gasteiger partial charge in [-0.05, 0) is 24.1 Å². The number of amides is 1. The van der Waals surface area contributed by atoms with Crippen LogP contribution in [0.3, 0.4) is 0 Å². The van der Waals surface area contributed by atoms with Gasteiger partial charge in [-0.15, -0.1) is 0 Å². The van der Waals surface area contributed by atoms with Crippen LogP contribution >= 0.6 is 11.6 Å². The summed E-state index contributed by atoms with van der Waals surface area (Å²) in [7, 11) is 0. The molecule has 0 bridgehead atoms. The van der Waals surface area contributed by atoms with Crippen LogP contribution < -0.4 is 5.32 Å². The Morgan fingerprint density at radius 2 is 2.26 bits per heavy atom. The molecule has 0 saturated carbocycles. The Balaban J connectivity index is 2.00. The molecule has 1 aliphatic heterocycles. The van der Waals surface area contributed by atoms with E-state index in [1.54, 1.807) is 17.0 Å². The predicted molar refractivity (Wildman–Crippen MR) is 73.5 cm³/mol. The van der Waals surface area contributed by atoms with E-state index in [1.165, 1.54) is 6.07 Å². The molecule has 0 aromatic heterocycles. The van der Waals surface area contributed by atoms with Crippen LogP contribution in [0.4, 0.5) is 4.39 Å². The number of carbonyl (C=O) groups excluding carboxylic acids is 1. The van der Waals surface area contributed by atoms with Crippen molar-refractivity contribution in [3.8, 4) is 0 Å². The van der Waals surface area contributed by atoms with E-state index in [1.807, 2.05) is 13.8 Å². The van der Waals surface area contributed by atoms with E-state index in [-0.39, 0.29) is 23.0 Å². The molecule has 1 fully saturated rings. The Bertz CT molecular complexity index is 479. The third-order valence-corrected chi connectivity index (χ3v) is 3.48. The first-order valence-electron chi connectivity index (χ1n) is 6.46. The summed E-state index contributed by atoms with van der Waals surface area (Å²) in [5.41, 5.74) is 0.852. The van der Waals surface area contributed by atoms with Gasteiger partial charge in [0.25, 0.3) is 0 Å². The number of halogens is 2. The van der Waals surface area contributed by atoms with Crippen LogP contribution in [-0.4, -0.2) is 29.4 Å². The number of likely N-dealkylation sites (tertiary alicyclic amines) is 1. The van der Waals surface area contributed by atoms with Crippen molar-refractivity contribution in [2.45, 2.75) is 38.9 Å². The molecular formula is C14H18ClFN2O. The Kier molecular flexibility index (Phi) is 4.42. The maximum absolute atomic E-state index is 13.1. The maximum atomic E-state index is 13.1. The number of nitrogens with zero attached hydrogens (tertiary/aromatic N) is 1. The smallest absolute Gasteiger partial charge is 0.240 e. The zero-order valence-corrected chi connectivity index (χ0v) is 11.9. The molecule has 0 aliphatic carbocycles. The Labute approximate surface area is 117 Å². The van der Waals surface area contributed by atoms with Gasteiger partial charge >= 0.3 is 0 Å². The molecule has 0 spiro atoms. The first kappa shape index (κ1) is 14.3. The predicted octanol–water partition coefficient (Wildman–Crippen LogP) is 2.58. The highest BCUT2D eigenvalue weighted by atomic mass is 35.5. The average molecular weight is 285 g/mol. The van der Waals surface area contributed by atoms with Crippen LogP contribution in [-0.2, 0) is 11.3 Å². The second-order valence-corrected chi connectivity index (χ2v) is 5.58. The molecule has 1 atom stereocenters. The second-order valence-electron chi connectivity index (χ2n) is 5.17. The molecular weight excluding hydrogens is 267 g/mol. The summed E-state index contributed by atoms with van der Waals surface area (Å²) in [6, 6.07) is 4.76. The number of carbonyl (C=O) groups is 1. The van der Waals surface area contributed by atoms with Crippen LogP contribution in [0.15, 0.2) is 18.2 Å². The van der Waals surface area contributed by atoms with Gasteiger partial charge in [-0.2, -0.15) is 0 Å². The van der Waals surface area contributed by atoms with Gasteiger partial charge in [0.05, 0.1) is 11.1 Å². The van der Waals surface area contributed by atoms with E-state index in [0.29, 0.717) is 6.54 Å². The lowest BCUT2D eigenvalue weighted by Gasteiger charge is -2.18. The molecule has 1 N–H and O–H groups in total. The van der Waals surface area contributed by atoms with E-state index >= 15 is 0 Å². The summed E-state index contributed by atoms with van der Waals surface area (Å²) in [6.45, 7) is 5.25. The van der Waals surface area contributed by atoms with Gasteiger partial charge in [0.2, 0.25) is 5.91 Å². The Morgan fingerprint density at radius 1 is 1.53 bits per heavy atom. The van der Waals surface area contributed by atoms with Gasteiger partial charge in [-0.3, -0.25) is 4.79 Å². The minimum atomic E-state index is -0.433. The summed E-state index contributed by atoms with van der Waals surface area (Å²) in [5.74, 6) is -0.327. The SMILES string of the molecule is CC(C)NC1CCN(Cc2ccc(F)c(Cl)c2)C1=O. The van der Waals surface area contributed by atoms with Crippen molar-refractivity contribution < 1.29 is 9.18 Å². The lowest BCUT2D eigenvalue weighted by molar-refractivity contribution is -0.130. The summed E-state index contributed by atoms with van der Waals surface area (Å²) in [5, 5.41) is 3.35. The van der Waals surface area contributed by atoms with Crippen LogP contribution in [0.5, 0.6) is 0 Å². The van der Waals surface area contributed by atoms with Crippen molar-refractivity contribution in [1.29, 1.82) is 0 Å². The monoisotopic (exact) mass is 284 g/mol. The van der Waals surface area contributed by atoms with E-state index in [2.05, 4.69) is 5.32 Å². The fourth-order valence-corrected chi connectivity index (χ4v) is 2.51. The molecule has 1 aromatic rings. The molecule has 3 nitrogen and oxygen atoms in total. The fourth-order valence-electron chi connectivity index (χ4n) is 2.31.